The molecule has 0 radical (unpaired) electrons. The number of rotatable bonds is 1. The molecule has 0 bridgehead atoms. The van der Waals surface area contributed by atoms with E-state index in [2.05, 4.69) is 5.10 Å². The summed E-state index contributed by atoms with van der Waals surface area (Å²) in [6, 6.07) is 0. The number of carbonyl (C=O) groups is 3. The predicted molar refractivity (Wildman–Crippen MR) is 49.3 cm³/mol. The van der Waals surface area contributed by atoms with Gasteiger partial charge in [-0.1, -0.05) is 11.8 Å². The Morgan fingerprint density at radius 2 is 2.29 bits per heavy atom. The maximum absolute atomic E-state index is 11.5. The van der Waals surface area contributed by atoms with Crippen molar-refractivity contribution in [1.82, 2.24) is 9.78 Å². The van der Waals surface area contributed by atoms with Gasteiger partial charge in [0.05, 0.1) is 11.8 Å². The Kier molecular flexibility index (Phi) is 1.99. The lowest BCUT2D eigenvalue weighted by atomic mass is 10.1. The van der Waals surface area contributed by atoms with Crippen LogP contribution in [-0.2, 0) is 11.8 Å². The maximum atomic E-state index is 11.5. The van der Waals surface area contributed by atoms with E-state index in [-0.39, 0.29) is 22.2 Å². The van der Waals surface area contributed by atoms with E-state index in [1.165, 1.54) is 10.9 Å². The first-order chi connectivity index (χ1) is 6.65. The summed E-state index contributed by atoms with van der Waals surface area (Å²) in [6.07, 6.45) is 1.81. The third-order valence-electron chi connectivity index (χ3n) is 2.01. The molecule has 0 saturated carbocycles. The maximum Gasteiger partial charge on any atom is 0.239 e. The van der Waals surface area contributed by atoms with Crippen LogP contribution in [0.3, 0.4) is 0 Å². The van der Waals surface area contributed by atoms with Gasteiger partial charge in [0.1, 0.15) is 17.2 Å². The van der Waals surface area contributed by atoms with Gasteiger partial charge in [-0.05, 0) is 0 Å². The molecule has 72 valence electrons. The van der Waals surface area contributed by atoms with Crippen LogP contribution in [0.5, 0.6) is 0 Å². The Morgan fingerprint density at radius 3 is 2.93 bits per heavy atom. The normalized spacial score (nSPS) is 20.8. The van der Waals surface area contributed by atoms with Gasteiger partial charge in [-0.2, -0.15) is 5.10 Å². The standard InChI is InChI=1S/C8H6N2O3S/c1-10-6-4(2-9-10)7(12)5(3-11)14-8(6)13/h2-3,5H,1H3. The van der Waals surface area contributed by atoms with E-state index < -0.39 is 5.25 Å². The molecule has 14 heavy (non-hydrogen) atoms. The average molecular weight is 210 g/mol. The summed E-state index contributed by atoms with van der Waals surface area (Å²) in [5, 5.41) is 2.63. The van der Waals surface area contributed by atoms with Gasteiger partial charge in [-0.15, -0.1) is 0 Å². The highest BCUT2D eigenvalue weighted by atomic mass is 32.2. The van der Waals surface area contributed by atoms with Crippen molar-refractivity contribution >= 4 is 28.9 Å². The minimum atomic E-state index is -0.904. The number of fused-ring (bicyclic) bond motifs is 1. The molecule has 1 aliphatic rings. The smallest absolute Gasteiger partial charge is 0.239 e. The molecule has 0 aromatic carbocycles. The number of Topliss-reactive ketones (excluding diaryl/α,β-unsaturated/α-hetero) is 1. The summed E-state index contributed by atoms with van der Waals surface area (Å²) >= 11 is 0.739. The molecule has 0 saturated heterocycles. The molecule has 1 aromatic heterocycles. The Morgan fingerprint density at radius 1 is 1.57 bits per heavy atom. The van der Waals surface area contributed by atoms with Gasteiger partial charge in [-0.3, -0.25) is 14.3 Å². The van der Waals surface area contributed by atoms with E-state index in [0.29, 0.717) is 6.29 Å². The van der Waals surface area contributed by atoms with Gasteiger partial charge in [0, 0.05) is 7.05 Å². The van der Waals surface area contributed by atoms with E-state index in [1.807, 2.05) is 0 Å². The predicted octanol–water partition coefficient (Wildman–Crippen LogP) is 0.0573. The van der Waals surface area contributed by atoms with E-state index in [9.17, 15) is 14.4 Å². The molecular formula is C8H6N2O3S. The summed E-state index contributed by atoms with van der Waals surface area (Å²) in [4.78, 5) is 33.5. The van der Waals surface area contributed by atoms with Crippen LogP contribution < -0.4 is 0 Å². The van der Waals surface area contributed by atoms with Crippen molar-refractivity contribution in [2.75, 3.05) is 0 Å². The van der Waals surface area contributed by atoms with E-state index in [0.717, 1.165) is 11.8 Å². The highest BCUT2D eigenvalue weighted by molar-refractivity contribution is 8.15. The fourth-order valence-electron chi connectivity index (χ4n) is 1.33. The monoisotopic (exact) mass is 210 g/mol. The number of carbonyl (C=O) groups excluding carboxylic acids is 3. The van der Waals surface area contributed by atoms with Gasteiger partial charge in [0.25, 0.3) is 0 Å². The molecule has 0 aliphatic carbocycles. The largest absolute Gasteiger partial charge is 0.302 e. The molecule has 1 aromatic rings. The molecule has 0 spiro atoms. The lowest BCUT2D eigenvalue weighted by Gasteiger charge is -2.14. The van der Waals surface area contributed by atoms with Crippen molar-refractivity contribution in [1.29, 1.82) is 0 Å². The quantitative estimate of drug-likeness (QED) is 0.484. The zero-order valence-corrected chi connectivity index (χ0v) is 8.08. The summed E-state index contributed by atoms with van der Waals surface area (Å²) in [5.41, 5.74) is 0.520. The van der Waals surface area contributed by atoms with Gasteiger partial charge < -0.3 is 4.79 Å². The number of aromatic nitrogens is 2. The van der Waals surface area contributed by atoms with Crippen molar-refractivity contribution in [3.8, 4) is 0 Å². The minimum Gasteiger partial charge on any atom is -0.302 e. The molecular weight excluding hydrogens is 204 g/mol. The van der Waals surface area contributed by atoms with Crippen LogP contribution in [0.1, 0.15) is 20.8 Å². The molecule has 2 heterocycles. The van der Waals surface area contributed by atoms with Crippen LogP contribution in [0, 0.1) is 0 Å². The molecule has 0 N–H and O–H groups in total. The van der Waals surface area contributed by atoms with Gasteiger partial charge in [0.15, 0.2) is 5.78 Å². The number of hydrogen-bond donors (Lipinski definition) is 0. The van der Waals surface area contributed by atoms with Crippen molar-refractivity contribution in [3.05, 3.63) is 17.5 Å². The minimum absolute atomic E-state index is 0.244. The molecule has 0 fully saturated rings. The summed E-state index contributed by atoms with van der Waals surface area (Å²) < 4.78 is 1.35. The van der Waals surface area contributed by atoms with Crippen LogP contribution in [0.15, 0.2) is 6.20 Å². The van der Waals surface area contributed by atoms with Crippen molar-refractivity contribution in [3.63, 3.8) is 0 Å². The molecule has 5 nitrogen and oxygen atoms in total. The topological polar surface area (TPSA) is 69.0 Å². The highest BCUT2D eigenvalue weighted by Crippen LogP contribution is 2.28. The molecule has 1 atom stereocenters. The Hall–Kier alpha value is -1.43. The number of ketones is 1. The fourth-order valence-corrected chi connectivity index (χ4v) is 2.20. The number of hydrogen-bond acceptors (Lipinski definition) is 5. The second-order valence-corrected chi connectivity index (χ2v) is 3.97. The Labute approximate surface area is 83.5 Å². The van der Waals surface area contributed by atoms with Gasteiger partial charge >= 0.3 is 0 Å². The van der Waals surface area contributed by atoms with Crippen molar-refractivity contribution < 1.29 is 14.4 Å². The SMILES string of the molecule is Cn1ncc2c1C(=O)SC(C=O)C2=O. The van der Waals surface area contributed by atoms with Gasteiger partial charge in [-0.25, -0.2) is 0 Å². The summed E-state index contributed by atoms with van der Waals surface area (Å²) in [6.45, 7) is 0. The first-order valence-corrected chi connectivity index (χ1v) is 4.75. The zero-order valence-electron chi connectivity index (χ0n) is 7.26. The first kappa shape index (κ1) is 9.14. The summed E-state index contributed by atoms with van der Waals surface area (Å²) in [7, 11) is 1.59. The van der Waals surface area contributed by atoms with Crippen molar-refractivity contribution in [2.45, 2.75) is 5.25 Å². The second kappa shape index (κ2) is 3.06. The fraction of sp³-hybridized carbons (Fsp3) is 0.250. The molecule has 1 aliphatic heterocycles. The van der Waals surface area contributed by atoms with Gasteiger partial charge in [0.2, 0.25) is 5.12 Å². The van der Waals surface area contributed by atoms with Crippen LogP contribution in [0.25, 0.3) is 0 Å². The van der Waals surface area contributed by atoms with Crippen LogP contribution in [0.2, 0.25) is 0 Å². The Bertz CT molecular complexity index is 438. The highest BCUT2D eigenvalue weighted by Gasteiger charge is 2.35. The molecule has 2 rings (SSSR count). The van der Waals surface area contributed by atoms with Crippen LogP contribution in [-0.4, -0.2) is 32.2 Å². The number of aryl methyl sites for hydroxylation is 1. The van der Waals surface area contributed by atoms with Crippen LogP contribution in [0.4, 0.5) is 0 Å². The summed E-state index contributed by atoms with van der Waals surface area (Å²) in [5.74, 6) is -0.340. The third kappa shape index (κ3) is 1.11. The lowest BCUT2D eigenvalue weighted by Crippen LogP contribution is -2.28. The lowest BCUT2D eigenvalue weighted by molar-refractivity contribution is -0.106. The zero-order chi connectivity index (χ0) is 10.3. The Balaban J connectivity index is 2.58. The second-order valence-electron chi connectivity index (χ2n) is 2.86. The van der Waals surface area contributed by atoms with Crippen molar-refractivity contribution in [2.24, 2.45) is 7.05 Å². The van der Waals surface area contributed by atoms with E-state index >= 15 is 0 Å². The van der Waals surface area contributed by atoms with Crippen LogP contribution >= 0.6 is 11.8 Å². The first-order valence-electron chi connectivity index (χ1n) is 3.87. The van der Waals surface area contributed by atoms with E-state index in [1.54, 1.807) is 7.05 Å². The number of aldehydes is 1. The molecule has 6 heteroatoms. The molecule has 0 amide bonds. The number of thioether (sulfide) groups is 1. The third-order valence-corrected chi connectivity index (χ3v) is 3.00. The average Bonchev–Trinajstić information content (AvgIpc) is 2.54. The van der Waals surface area contributed by atoms with E-state index in [4.69, 9.17) is 0 Å². The number of nitrogens with zero attached hydrogens (tertiary/aromatic N) is 2. The molecule has 1 unspecified atom stereocenters.